The molecule has 0 aliphatic heterocycles. The molecular weight excluding hydrogens is 215 g/mol. The highest BCUT2D eigenvalue weighted by Crippen LogP contribution is 2.13. The van der Waals surface area contributed by atoms with Gasteiger partial charge in [0.2, 0.25) is 0 Å². The first kappa shape index (κ1) is 9.67. The molecule has 0 saturated heterocycles. The van der Waals surface area contributed by atoms with Crippen molar-refractivity contribution < 1.29 is 17.6 Å². The maximum atomic E-state index is 9.69. The molecule has 0 aromatic carbocycles. The summed E-state index contributed by atoms with van der Waals surface area (Å²) >= 11 is 0. The molecule has 0 nitrogen and oxygen atoms in total. The third kappa shape index (κ3) is 262. The molecule has 6 heavy (non-hydrogen) atoms. The Balaban J connectivity index is 0. The number of halogens is 5. The van der Waals surface area contributed by atoms with Crippen molar-refractivity contribution in [2.45, 2.75) is 6.43 Å². The van der Waals surface area contributed by atoms with Crippen LogP contribution in [-0.2, 0) is 0 Å². The Morgan fingerprint density at radius 3 is 0.833 bits per heavy atom. The lowest BCUT2D eigenvalue weighted by Gasteiger charge is -1.82. The third-order valence-electron chi connectivity index (χ3n) is 0. The lowest BCUT2D eigenvalue weighted by atomic mass is 11.5. The quantitative estimate of drug-likeness (QED) is 0.429. The van der Waals surface area contributed by atoms with Gasteiger partial charge in [0.1, 0.15) is 0 Å². The van der Waals surface area contributed by atoms with Gasteiger partial charge < -0.3 is 0 Å². The zero-order valence-electron chi connectivity index (χ0n) is 2.42. The van der Waals surface area contributed by atoms with Crippen LogP contribution in [-0.4, -0.2) is 6.43 Å². The molecule has 0 aromatic heterocycles. The molecule has 5 heteroatoms. The molecule has 0 amide bonds. The molecule has 0 N–H and O–H groups in total. The molecular formula is CHF4I. The fraction of sp³-hybridized carbons (Fsp3) is 1.00. The van der Waals surface area contributed by atoms with Gasteiger partial charge in [-0.2, -0.15) is 0 Å². The summed E-state index contributed by atoms with van der Waals surface area (Å²) in [7, 11) is 0. The van der Waals surface area contributed by atoms with E-state index in [4.69, 9.17) is 0 Å². The van der Waals surface area contributed by atoms with Crippen LogP contribution in [0.1, 0.15) is 0 Å². The van der Waals surface area contributed by atoms with E-state index in [2.05, 4.69) is 0 Å². The fourth-order valence-electron chi connectivity index (χ4n) is 0. The summed E-state index contributed by atoms with van der Waals surface area (Å²) in [6.07, 6.45) is -5.50. The van der Waals surface area contributed by atoms with Crippen molar-refractivity contribution in [3.05, 3.63) is 0 Å². The third-order valence-corrected chi connectivity index (χ3v) is 0. The van der Waals surface area contributed by atoms with Crippen molar-refractivity contribution in [1.29, 1.82) is 0 Å². The van der Waals surface area contributed by atoms with Gasteiger partial charge in [-0.25, -0.2) is 0 Å². The van der Waals surface area contributed by atoms with Crippen LogP contribution in [0.2, 0.25) is 0 Å². The van der Waals surface area contributed by atoms with Gasteiger partial charge in [0.15, 0.2) is 0 Å². The first-order valence-electron chi connectivity index (χ1n) is 0.756. The number of hydrogen-bond acceptors (Lipinski definition) is 0. The average molecular weight is 216 g/mol. The average Bonchev–Trinajstić information content (AvgIpc) is 0.722. The molecule has 0 spiro atoms. The minimum absolute atomic E-state index is 0. The highest BCUT2D eigenvalue weighted by atomic mass is 127. The molecule has 0 saturated carbocycles. The van der Waals surface area contributed by atoms with Gasteiger partial charge in [-0.15, -0.1) is 41.5 Å². The molecule has 0 aliphatic rings. The second kappa shape index (κ2) is 2.59. The summed E-state index contributed by atoms with van der Waals surface area (Å²) in [5.74, 6) is 0. The van der Waals surface area contributed by atoms with Crippen LogP contribution < -0.4 is 0 Å². The van der Waals surface area contributed by atoms with Crippen LogP contribution in [0.5, 0.6) is 0 Å². The zero-order valence-corrected chi connectivity index (χ0v) is 4.75. The van der Waals surface area contributed by atoms with E-state index in [-0.39, 0.29) is 24.0 Å². The SMILES string of the molecule is FC(F)(F)F.I. The maximum Gasteiger partial charge on any atom is 0.559 e. The molecule has 0 rings (SSSR count). The molecule has 0 fully saturated rings. The van der Waals surface area contributed by atoms with Crippen molar-refractivity contribution >= 4 is 24.0 Å². The smallest absolute Gasteiger partial charge is 0.140 e. The second-order valence-electron chi connectivity index (χ2n) is 0.429. The van der Waals surface area contributed by atoms with Gasteiger partial charge in [-0.1, -0.05) is 0 Å². The van der Waals surface area contributed by atoms with Crippen LogP contribution in [0.15, 0.2) is 0 Å². The van der Waals surface area contributed by atoms with E-state index in [1.807, 2.05) is 0 Å². The van der Waals surface area contributed by atoms with E-state index in [0.29, 0.717) is 0 Å². The van der Waals surface area contributed by atoms with Crippen molar-refractivity contribution in [2.24, 2.45) is 0 Å². The van der Waals surface area contributed by atoms with Crippen LogP contribution in [0.3, 0.4) is 0 Å². The minimum atomic E-state index is -5.50. The minimum Gasteiger partial charge on any atom is -0.140 e. The Labute approximate surface area is 48.5 Å². The van der Waals surface area contributed by atoms with Gasteiger partial charge >= 0.3 is 6.43 Å². The van der Waals surface area contributed by atoms with E-state index in [1.165, 1.54) is 0 Å². The molecule has 0 radical (unpaired) electrons. The van der Waals surface area contributed by atoms with Crippen LogP contribution in [0.4, 0.5) is 17.6 Å². The first-order valence-corrected chi connectivity index (χ1v) is 0.756. The highest BCUT2D eigenvalue weighted by molar-refractivity contribution is 14.0. The monoisotopic (exact) mass is 216 g/mol. The molecule has 0 aromatic rings. The highest BCUT2D eigenvalue weighted by Gasteiger charge is 2.24. The van der Waals surface area contributed by atoms with Crippen LogP contribution in [0.25, 0.3) is 0 Å². The summed E-state index contributed by atoms with van der Waals surface area (Å²) in [4.78, 5) is 0. The summed E-state index contributed by atoms with van der Waals surface area (Å²) in [6.45, 7) is 0. The molecule has 0 aliphatic carbocycles. The van der Waals surface area contributed by atoms with Crippen molar-refractivity contribution in [3.63, 3.8) is 0 Å². The van der Waals surface area contributed by atoms with E-state index in [1.54, 1.807) is 0 Å². The standard InChI is InChI=1S/CF4.HI/c2-1(3,4)5;/h;1H. The fourth-order valence-corrected chi connectivity index (χ4v) is 0. The number of alkyl halides is 4. The van der Waals surface area contributed by atoms with E-state index in [0.717, 1.165) is 0 Å². The van der Waals surface area contributed by atoms with Crippen LogP contribution in [0, 0.1) is 0 Å². The zero-order chi connectivity index (χ0) is 4.50. The summed E-state index contributed by atoms with van der Waals surface area (Å²) in [6, 6.07) is 0. The van der Waals surface area contributed by atoms with Gasteiger partial charge in [0, 0.05) is 0 Å². The Hall–Kier alpha value is 0.450. The molecule has 0 atom stereocenters. The number of hydrogen-bond donors (Lipinski definition) is 0. The Kier molecular flexibility index (Phi) is 4.18. The Morgan fingerprint density at radius 2 is 0.833 bits per heavy atom. The molecule has 0 bridgehead atoms. The summed E-state index contributed by atoms with van der Waals surface area (Å²) < 4.78 is 38.8. The van der Waals surface area contributed by atoms with Crippen molar-refractivity contribution in [2.75, 3.05) is 0 Å². The summed E-state index contributed by atoms with van der Waals surface area (Å²) in [5, 5.41) is 0. The summed E-state index contributed by atoms with van der Waals surface area (Å²) in [5.41, 5.74) is 0. The lowest BCUT2D eigenvalue weighted by Crippen LogP contribution is -1.92. The largest absolute Gasteiger partial charge is 0.559 e. The first-order chi connectivity index (χ1) is 2.00. The Morgan fingerprint density at radius 1 is 0.833 bits per heavy atom. The van der Waals surface area contributed by atoms with Gasteiger partial charge in [-0.05, 0) is 0 Å². The van der Waals surface area contributed by atoms with Gasteiger partial charge in [-0.3, -0.25) is 0 Å². The number of rotatable bonds is 0. The maximum absolute atomic E-state index is 9.69. The van der Waals surface area contributed by atoms with E-state index < -0.39 is 6.43 Å². The van der Waals surface area contributed by atoms with Crippen molar-refractivity contribution in [1.82, 2.24) is 0 Å². The second-order valence-corrected chi connectivity index (χ2v) is 0.429. The van der Waals surface area contributed by atoms with Gasteiger partial charge in [0.05, 0.1) is 0 Å². The van der Waals surface area contributed by atoms with Crippen molar-refractivity contribution in [3.8, 4) is 0 Å². The molecule has 0 heterocycles. The normalized spacial score (nSPS) is 10.0. The topological polar surface area (TPSA) is 0 Å². The van der Waals surface area contributed by atoms with E-state index >= 15 is 0 Å². The van der Waals surface area contributed by atoms with Crippen LogP contribution >= 0.6 is 24.0 Å². The van der Waals surface area contributed by atoms with Gasteiger partial charge in [0.25, 0.3) is 0 Å². The van der Waals surface area contributed by atoms with E-state index in [9.17, 15) is 17.6 Å². The Bertz CT molecular complexity index is 23.0. The predicted octanol–water partition coefficient (Wildman–Crippen LogP) is 2.09. The lowest BCUT2D eigenvalue weighted by molar-refractivity contribution is -0.237. The molecule has 0 unspecified atom stereocenters. The predicted molar refractivity (Wildman–Crippen MR) is 22.6 cm³/mol. The molecule has 40 valence electrons.